The minimum atomic E-state index is -1.52. The smallest absolute Gasteiger partial charge is 0.146 e. The van der Waals surface area contributed by atoms with Gasteiger partial charge in [0, 0.05) is 19.2 Å². The summed E-state index contributed by atoms with van der Waals surface area (Å²) in [6.45, 7) is 25.2. The van der Waals surface area contributed by atoms with Gasteiger partial charge in [0.2, 0.25) is 0 Å². The van der Waals surface area contributed by atoms with Crippen LogP contribution in [0.25, 0.3) is 20.2 Å². The second-order valence-corrected chi connectivity index (χ2v) is 22.6. The van der Waals surface area contributed by atoms with E-state index in [-0.39, 0.29) is 11.5 Å². The van der Waals surface area contributed by atoms with Gasteiger partial charge in [-0.2, -0.15) is 0 Å². The number of phenolic OH excluding ortho intramolecular Hbond substituents is 2. The van der Waals surface area contributed by atoms with Gasteiger partial charge in [-0.05, 0) is 138 Å². The van der Waals surface area contributed by atoms with Crippen molar-refractivity contribution >= 4 is 42.8 Å². The fourth-order valence-electron chi connectivity index (χ4n) is 8.51. The third-order valence-corrected chi connectivity index (χ3v) is 14.4. The first-order chi connectivity index (χ1) is 26.8. The van der Waals surface area contributed by atoms with Crippen LogP contribution in [0, 0.1) is 0 Å². The predicted octanol–water partition coefficient (Wildman–Crippen LogP) is 13.5. The van der Waals surface area contributed by atoms with E-state index >= 15 is 0 Å². The first kappa shape index (κ1) is 41.9. The molecular formula is C52H60O4S2. The maximum Gasteiger partial charge on any atom is 0.146 e. The van der Waals surface area contributed by atoms with E-state index in [2.05, 4.69) is 119 Å². The van der Waals surface area contributed by atoms with Gasteiger partial charge >= 0.3 is 0 Å². The fourth-order valence-corrected chi connectivity index (χ4v) is 10.9. The molecule has 0 spiro atoms. The molecule has 7 rings (SSSR count). The number of fused-ring (bicyclic) bond motifs is 2. The van der Waals surface area contributed by atoms with Gasteiger partial charge < -0.3 is 20.4 Å². The zero-order valence-electron chi connectivity index (χ0n) is 36.3. The lowest BCUT2D eigenvalue weighted by molar-refractivity contribution is 0.110. The summed E-state index contributed by atoms with van der Waals surface area (Å²) in [5, 5.41) is 52.8. The van der Waals surface area contributed by atoms with Crippen LogP contribution in [0.3, 0.4) is 0 Å². The molecule has 6 heteroatoms. The Morgan fingerprint density at radius 2 is 0.724 bits per heavy atom. The zero-order chi connectivity index (χ0) is 42.4. The third-order valence-electron chi connectivity index (χ3n) is 11.9. The molecule has 0 saturated carbocycles. The van der Waals surface area contributed by atoms with Crippen molar-refractivity contribution in [3.8, 4) is 11.5 Å². The Kier molecular flexibility index (Phi) is 10.3. The monoisotopic (exact) mass is 812 g/mol. The number of aliphatic hydroxyl groups is 2. The van der Waals surface area contributed by atoms with Crippen molar-refractivity contribution in [2.24, 2.45) is 0 Å². The van der Waals surface area contributed by atoms with E-state index in [9.17, 15) is 20.4 Å². The molecule has 1 aliphatic carbocycles. The maximum atomic E-state index is 13.6. The predicted molar refractivity (Wildman–Crippen MR) is 246 cm³/mol. The minimum absolute atomic E-state index is 0.272. The van der Waals surface area contributed by atoms with E-state index in [0.29, 0.717) is 12.8 Å². The number of benzene rings is 4. The molecule has 0 radical (unpaired) electrons. The second-order valence-electron chi connectivity index (χ2n) is 20.4. The highest BCUT2D eigenvalue weighted by Gasteiger charge is 2.44. The zero-order valence-corrected chi connectivity index (χ0v) is 37.9. The molecule has 0 bridgehead atoms. The summed E-state index contributed by atoms with van der Waals surface area (Å²) < 4.78 is 2.18. The van der Waals surface area contributed by atoms with E-state index in [0.717, 1.165) is 74.5 Å². The van der Waals surface area contributed by atoms with E-state index < -0.39 is 32.9 Å². The van der Waals surface area contributed by atoms with E-state index in [4.69, 9.17) is 0 Å². The van der Waals surface area contributed by atoms with Crippen molar-refractivity contribution in [1.29, 1.82) is 0 Å². The molecule has 2 atom stereocenters. The van der Waals surface area contributed by atoms with Crippen LogP contribution in [0.5, 0.6) is 11.5 Å². The highest BCUT2D eigenvalue weighted by atomic mass is 32.1. The average molecular weight is 813 g/mol. The molecule has 2 unspecified atom stereocenters. The van der Waals surface area contributed by atoms with Gasteiger partial charge in [-0.1, -0.05) is 132 Å². The van der Waals surface area contributed by atoms with Crippen molar-refractivity contribution in [3.05, 3.63) is 151 Å². The normalized spacial score (nSPS) is 16.6. The standard InChI is InChI=1S/C52H60O4S2/c1-47(2,3)37-27-35(28-38(45(37)53)48(4,5)6)51(55,43-25-31-17-13-15-19-41(31)57-43)33-21-23-34(24-22-33)52(56,44-26-32-18-14-16-20-42(32)58-44)36-29-39(49(7,8)9)46(54)40(30-36)50(10,11)12/h13-21,23,25-30,53-56H,22,24H2,1-12H3. The molecule has 4 N–H and O–H groups in total. The van der Waals surface area contributed by atoms with E-state index in [1.807, 2.05) is 60.7 Å². The molecular weight excluding hydrogens is 753 g/mol. The van der Waals surface area contributed by atoms with Crippen molar-refractivity contribution in [2.75, 3.05) is 0 Å². The Hall–Kier alpha value is -4.20. The quantitative estimate of drug-likeness (QED) is 0.135. The molecule has 2 aromatic heterocycles. The van der Waals surface area contributed by atoms with Crippen molar-refractivity contribution in [2.45, 2.75) is 129 Å². The Balaban J connectivity index is 1.50. The van der Waals surface area contributed by atoms with Crippen LogP contribution >= 0.6 is 22.7 Å². The van der Waals surface area contributed by atoms with Gasteiger partial charge in [0.15, 0.2) is 0 Å². The maximum absolute atomic E-state index is 13.6. The average Bonchev–Trinajstić information content (AvgIpc) is 3.78. The summed E-state index contributed by atoms with van der Waals surface area (Å²) in [7, 11) is 0. The summed E-state index contributed by atoms with van der Waals surface area (Å²) in [6, 6.07) is 28.7. The highest BCUT2D eigenvalue weighted by molar-refractivity contribution is 7.19. The Bertz CT molecular complexity index is 2290. The Morgan fingerprint density at radius 3 is 0.983 bits per heavy atom. The molecule has 0 saturated heterocycles. The molecule has 2 heterocycles. The van der Waals surface area contributed by atoms with Gasteiger partial charge in [-0.3, -0.25) is 0 Å². The van der Waals surface area contributed by atoms with Crippen molar-refractivity contribution < 1.29 is 20.4 Å². The topological polar surface area (TPSA) is 80.9 Å². The second kappa shape index (κ2) is 14.2. The lowest BCUT2D eigenvalue weighted by Gasteiger charge is -2.38. The molecule has 58 heavy (non-hydrogen) atoms. The largest absolute Gasteiger partial charge is 0.507 e. The molecule has 304 valence electrons. The number of hydrogen-bond donors (Lipinski definition) is 4. The summed E-state index contributed by atoms with van der Waals surface area (Å²) in [5.41, 5.74) is 1.64. The van der Waals surface area contributed by atoms with Crippen LogP contribution in [0.2, 0.25) is 0 Å². The first-order valence-corrected chi connectivity index (χ1v) is 22.1. The van der Waals surface area contributed by atoms with Crippen molar-refractivity contribution in [3.63, 3.8) is 0 Å². The van der Waals surface area contributed by atoms with Crippen LogP contribution in [0.1, 0.15) is 139 Å². The lowest BCUT2D eigenvalue weighted by atomic mass is 9.71. The van der Waals surface area contributed by atoms with Crippen LogP contribution in [-0.2, 0) is 32.9 Å². The summed E-state index contributed by atoms with van der Waals surface area (Å²) in [5.74, 6) is 0.544. The van der Waals surface area contributed by atoms with Crippen molar-refractivity contribution in [1.82, 2.24) is 0 Å². The van der Waals surface area contributed by atoms with Crippen LogP contribution in [-0.4, -0.2) is 20.4 Å². The molecule has 0 fully saturated rings. The Labute approximate surface area is 353 Å². The van der Waals surface area contributed by atoms with Gasteiger partial charge in [0.05, 0.1) is 0 Å². The molecule has 1 aliphatic rings. The minimum Gasteiger partial charge on any atom is -0.507 e. The number of hydrogen-bond acceptors (Lipinski definition) is 6. The number of phenols is 2. The molecule has 4 nitrogen and oxygen atoms in total. The SMILES string of the molecule is CC(C)(C)c1cc(C(O)(C2=CC=C(C(O)(c3cc(C(C)(C)C)c(O)c(C(C)(C)C)c3)c3cc4ccccc4s3)CC2)c2cc3ccccc3s2)cc(C(C)(C)C)c1O. The summed E-state index contributed by atoms with van der Waals surface area (Å²) >= 11 is 3.18. The van der Waals surface area contributed by atoms with Gasteiger partial charge in [-0.25, -0.2) is 0 Å². The lowest BCUT2D eigenvalue weighted by Crippen LogP contribution is -2.34. The first-order valence-electron chi connectivity index (χ1n) is 20.4. The molecule has 4 aromatic carbocycles. The van der Waals surface area contributed by atoms with Gasteiger partial charge in [-0.15, -0.1) is 22.7 Å². The van der Waals surface area contributed by atoms with E-state index in [1.54, 1.807) is 22.7 Å². The fraction of sp³-hybridized carbons (Fsp3) is 0.385. The summed E-state index contributed by atoms with van der Waals surface area (Å²) in [4.78, 5) is 1.62. The number of aromatic hydroxyl groups is 2. The van der Waals surface area contributed by atoms with Crippen LogP contribution in [0.4, 0.5) is 0 Å². The van der Waals surface area contributed by atoms with Gasteiger partial charge in [0.25, 0.3) is 0 Å². The summed E-state index contributed by atoms with van der Waals surface area (Å²) in [6.07, 6.45) is 5.02. The number of allylic oxidation sites excluding steroid dienone is 2. The van der Waals surface area contributed by atoms with E-state index in [1.165, 1.54) is 0 Å². The highest BCUT2D eigenvalue weighted by Crippen LogP contribution is 2.53. The Morgan fingerprint density at radius 1 is 0.431 bits per heavy atom. The molecule has 0 amide bonds. The van der Waals surface area contributed by atoms with Crippen LogP contribution in [0.15, 0.2) is 108 Å². The molecule has 6 aromatic rings. The van der Waals surface area contributed by atoms with Crippen LogP contribution < -0.4 is 0 Å². The van der Waals surface area contributed by atoms with Gasteiger partial charge in [0.1, 0.15) is 22.7 Å². The number of rotatable bonds is 6. The number of thiophene rings is 2. The molecule has 0 aliphatic heterocycles. The third kappa shape index (κ3) is 7.25.